The molecule has 212 valence electrons. The summed E-state index contributed by atoms with van der Waals surface area (Å²) in [7, 11) is 0. The number of aryl methyl sites for hydroxylation is 1. The SMILES string of the molecule is Cc1ccccc1/C=N/N=C1\S/C(=C\c2cc(Cl)ccc2OCC(=O)Nc2ccc(F)cc2)C(=O)N1Cc1ccco1. The first kappa shape index (κ1) is 28.8. The van der Waals surface area contributed by atoms with Crippen LogP contribution in [-0.2, 0) is 16.1 Å². The summed E-state index contributed by atoms with van der Waals surface area (Å²) in [6.45, 7) is 1.82. The zero-order valence-corrected chi connectivity index (χ0v) is 23.9. The summed E-state index contributed by atoms with van der Waals surface area (Å²) in [4.78, 5) is 27.8. The first-order valence-electron chi connectivity index (χ1n) is 12.7. The Kier molecular flexibility index (Phi) is 9.15. The summed E-state index contributed by atoms with van der Waals surface area (Å²) >= 11 is 7.41. The second-order valence-electron chi connectivity index (χ2n) is 9.09. The molecule has 1 N–H and O–H groups in total. The van der Waals surface area contributed by atoms with Crippen LogP contribution in [0, 0.1) is 12.7 Å². The molecule has 0 aliphatic carbocycles. The van der Waals surface area contributed by atoms with Gasteiger partial charge in [0.15, 0.2) is 11.8 Å². The van der Waals surface area contributed by atoms with Crippen LogP contribution >= 0.6 is 23.4 Å². The van der Waals surface area contributed by atoms with Gasteiger partial charge in [-0.3, -0.25) is 14.5 Å². The molecule has 2 heterocycles. The number of halogens is 2. The third kappa shape index (κ3) is 7.34. The third-order valence-corrected chi connectivity index (χ3v) is 7.29. The standard InChI is InChI=1S/C31H24ClFN4O4S/c1-20-5-2-3-6-21(20)17-34-36-31-37(18-26-7-4-14-40-26)30(39)28(42-31)16-22-15-23(32)8-13-27(22)41-19-29(38)35-25-11-9-24(33)10-12-25/h2-17H,18-19H2,1H3,(H,35,38)/b28-16-,34-17+,36-31-. The van der Waals surface area contributed by atoms with Gasteiger partial charge in [0, 0.05) is 16.3 Å². The molecule has 4 aromatic rings. The molecule has 1 saturated heterocycles. The van der Waals surface area contributed by atoms with Gasteiger partial charge < -0.3 is 14.5 Å². The zero-order valence-electron chi connectivity index (χ0n) is 22.3. The maximum absolute atomic E-state index is 13.5. The average Bonchev–Trinajstić information content (AvgIpc) is 3.59. The number of nitrogens with zero attached hydrogens (tertiary/aromatic N) is 3. The molecule has 0 saturated carbocycles. The highest BCUT2D eigenvalue weighted by atomic mass is 35.5. The van der Waals surface area contributed by atoms with Crippen molar-refractivity contribution in [2.75, 3.05) is 11.9 Å². The van der Waals surface area contributed by atoms with Gasteiger partial charge in [-0.1, -0.05) is 35.9 Å². The highest BCUT2D eigenvalue weighted by molar-refractivity contribution is 8.18. The normalized spacial score (nSPS) is 15.2. The van der Waals surface area contributed by atoms with E-state index in [-0.39, 0.29) is 19.1 Å². The summed E-state index contributed by atoms with van der Waals surface area (Å²) in [5, 5.41) is 12.0. The predicted molar refractivity (Wildman–Crippen MR) is 163 cm³/mol. The fraction of sp³-hybridized carbons (Fsp3) is 0.0968. The smallest absolute Gasteiger partial charge is 0.267 e. The number of hydrogen-bond acceptors (Lipinski definition) is 7. The minimum Gasteiger partial charge on any atom is -0.483 e. The highest BCUT2D eigenvalue weighted by Gasteiger charge is 2.34. The number of amides is 2. The molecule has 0 atom stereocenters. The summed E-state index contributed by atoms with van der Waals surface area (Å²) in [6.07, 6.45) is 4.81. The highest BCUT2D eigenvalue weighted by Crippen LogP contribution is 2.36. The lowest BCUT2D eigenvalue weighted by Gasteiger charge is -2.13. The first-order valence-corrected chi connectivity index (χ1v) is 13.9. The number of carbonyl (C=O) groups excluding carboxylic acids is 2. The zero-order chi connectivity index (χ0) is 29.5. The molecule has 0 unspecified atom stereocenters. The Balaban J connectivity index is 1.37. The fourth-order valence-electron chi connectivity index (χ4n) is 3.93. The number of rotatable bonds is 9. The van der Waals surface area contributed by atoms with E-state index in [0.29, 0.717) is 37.9 Å². The third-order valence-electron chi connectivity index (χ3n) is 6.06. The number of amidine groups is 1. The minimum absolute atomic E-state index is 0.164. The van der Waals surface area contributed by atoms with Crippen molar-refractivity contribution in [2.45, 2.75) is 13.5 Å². The molecule has 42 heavy (non-hydrogen) atoms. The van der Waals surface area contributed by atoms with E-state index in [9.17, 15) is 14.0 Å². The van der Waals surface area contributed by atoms with Gasteiger partial charge in [-0.2, -0.15) is 5.10 Å². The van der Waals surface area contributed by atoms with Crippen molar-refractivity contribution in [3.63, 3.8) is 0 Å². The Morgan fingerprint density at radius 3 is 2.67 bits per heavy atom. The van der Waals surface area contributed by atoms with E-state index < -0.39 is 11.7 Å². The first-order chi connectivity index (χ1) is 20.4. The molecule has 1 aliphatic heterocycles. The molecule has 8 nitrogen and oxygen atoms in total. The number of hydrogen-bond donors (Lipinski definition) is 1. The van der Waals surface area contributed by atoms with E-state index in [1.54, 1.807) is 42.6 Å². The Morgan fingerprint density at radius 2 is 1.90 bits per heavy atom. The Morgan fingerprint density at radius 1 is 1.10 bits per heavy atom. The Hall–Kier alpha value is -4.67. The van der Waals surface area contributed by atoms with Crippen molar-refractivity contribution in [2.24, 2.45) is 10.2 Å². The van der Waals surface area contributed by atoms with Crippen LogP contribution in [0.15, 0.2) is 105 Å². The van der Waals surface area contributed by atoms with Gasteiger partial charge in [0.1, 0.15) is 17.3 Å². The molecule has 0 radical (unpaired) electrons. The van der Waals surface area contributed by atoms with E-state index in [2.05, 4.69) is 15.5 Å². The largest absolute Gasteiger partial charge is 0.483 e. The van der Waals surface area contributed by atoms with Crippen LogP contribution in [-0.4, -0.2) is 34.7 Å². The van der Waals surface area contributed by atoms with E-state index in [1.165, 1.54) is 35.4 Å². The van der Waals surface area contributed by atoms with Crippen LogP contribution in [0.5, 0.6) is 5.75 Å². The maximum atomic E-state index is 13.5. The van der Waals surface area contributed by atoms with Gasteiger partial charge in [0.05, 0.1) is 23.9 Å². The molecule has 3 aromatic carbocycles. The number of benzene rings is 3. The summed E-state index contributed by atoms with van der Waals surface area (Å²) in [6, 6.07) is 21.5. The molecule has 1 fully saturated rings. The monoisotopic (exact) mass is 602 g/mol. The quantitative estimate of drug-likeness (QED) is 0.128. The second kappa shape index (κ2) is 13.3. The van der Waals surface area contributed by atoms with Crippen LogP contribution in [0.25, 0.3) is 6.08 Å². The van der Waals surface area contributed by atoms with E-state index in [4.69, 9.17) is 20.8 Å². The van der Waals surface area contributed by atoms with Crippen molar-refractivity contribution >= 4 is 58.3 Å². The van der Waals surface area contributed by atoms with Crippen molar-refractivity contribution in [1.82, 2.24) is 4.90 Å². The molecule has 0 spiro atoms. The van der Waals surface area contributed by atoms with Crippen LogP contribution in [0.3, 0.4) is 0 Å². The van der Waals surface area contributed by atoms with Crippen LogP contribution in [0.2, 0.25) is 5.02 Å². The van der Waals surface area contributed by atoms with Crippen molar-refractivity contribution in [3.05, 3.63) is 123 Å². The lowest BCUT2D eigenvalue weighted by molar-refractivity contribution is -0.122. The van der Waals surface area contributed by atoms with Crippen LogP contribution < -0.4 is 10.1 Å². The van der Waals surface area contributed by atoms with Gasteiger partial charge >= 0.3 is 0 Å². The predicted octanol–water partition coefficient (Wildman–Crippen LogP) is 6.90. The van der Waals surface area contributed by atoms with Crippen molar-refractivity contribution in [3.8, 4) is 5.75 Å². The van der Waals surface area contributed by atoms with Crippen molar-refractivity contribution < 1.29 is 23.1 Å². The van der Waals surface area contributed by atoms with Gasteiger partial charge in [-0.15, -0.1) is 5.10 Å². The molecule has 2 amide bonds. The molecular weight excluding hydrogens is 579 g/mol. The number of anilines is 1. The number of carbonyl (C=O) groups is 2. The van der Waals surface area contributed by atoms with Gasteiger partial charge in [-0.05, 0) is 90.5 Å². The van der Waals surface area contributed by atoms with Gasteiger partial charge in [0.25, 0.3) is 11.8 Å². The molecule has 1 aromatic heterocycles. The lowest BCUT2D eigenvalue weighted by atomic mass is 10.1. The molecule has 11 heteroatoms. The molecule has 1 aliphatic rings. The van der Waals surface area contributed by atoms with Crippen LogP contribution in [0.4, 0.5) is 10.1 Å². The molecule has 0 bridgehead atoms. The lowest BCUT2D eigenvalue weighted by Crippen LogP contribution is -2.28. The number of thioether (sulfide) groups is 1. The van der Waals surface area contributed by atoms with Crippen molar-refractivity contribution in [1.29, 1.82) is 0 Å². The molecular formula is C31H24ClFN4O4S. The second-order valence-corrected chi connectivity index (χ2v) is 10.5. The van der Waals surface area contributed by atoms with E-state index in [1.807, 2.05) is 31.2 Å². The average molecular weight is 603 g/mol. The Labute approximate surface area is 250 Å². The maximum Gasteiger partial charge on any atom is 0.267 e. The van der Waals surface area contributed by atoms with E-state index in [0.717, 1.165) is 22.9 Å². The van der Waals surface area contributed by atoms with Gasteiger partial charge in [0.2, 0.25) is 0 Å². The molecule has 5 rings (SSSR count). The fourth-order valence-corrected chi connectivity index (χ4v) is 5.04. The minimum atomic E-state index is -0.438. The van der Waals surface area contributed by atoms with Gasteiger partial charge in [-0.25, -0.2) is 4.39 Å². The number of ether oxygens (including phenoxy) is 1. The van der Waals surface area contributed by atoms with E-state index >= 15 is 0 Å². The Bertz CT molecular complexity index is 1690. The summed E-state index contributed by atoms with van der Waals surface area (Å²) < 4.78 is 24.4. The number of nitrogens with one attached hydrogen (secondary N) is 1. The van der Waals surface area contributed by atoms with Crippen LogP contribution in [0.1, 0.15) is 22.5 Å². The summed E-state index contributed by atoms with van der Waals surface area (Å²) in [5.74, 6) is -0.223. The summed E-state index contributed by atoms with van der Waals surface area (Å²) in [5.41, 5.74) is 2.89. The topological polar surface area (TPSA) is 96.5 Å². The number of furan rings is 1.